The van der Waals surface area contributed by atoms with Crippen LogP contribution in [0.5, 0.6) is 0 Å². The minimum Gasteiger partial charge on any atom is -0.298 e. The first-order valence-corrected chi connectivity index (χ1v) is 9.03. The molecule has 132 valence electrons. The molecule has 3 nitrogen and oxygen atoms in total. The van der Waals surface area contributed by atoms with Crippen LogP contribution in [0.1, 0.15) is 27.4 Å². The van der Waals surface area contributed by atoms with Crippen LogP contribution in [0.4, 0.5) is 5.69 Å². The van der Waals surface area contributed by atoms with Crippen molar-refractivity contribution >= 4 is 23.8 Å². The van der Waals surface area contributed by atoms with E-state index < -0.39 is 0 Å². The van der Waals surface area contributed by atoms with Gasteiger partial charge in [-0.05, 0) is 41.5 Å². The Morgan fingerprint density at radius 3 is 2.11 bits per heavy atom. The van der Waals surface area contributed by atoms with Crippen LogP contribution in [0.25, 0.3) is 6.08 Å². The number of rotatable bonds is 5. The van der Waals surface area contributed by atoms with Gasteiger partial charge in [0.2, 0.25) is 0 Å². The van der Waals surface area contributed by atoms with Gasteiger partial charge < -0.3 is 0 Å². The predicted octanol–water partition coefficient (Wildman–Crippen LogP) is 5.17. The van der Waals surface area contributed by atoms with Crippen LogP contribution in [-0.4, -0.2) is 18.5 Å². The zero-order valence-electron chi connectivity index (χ0n) is 14.9. The topological polar surface area (TPSA) is 32.7 Å². The fourth-order valence-electron chi connectivity index (χ4n) is 3.26. The molecule has 1 aliphatic heterocycles. The van der Waals surface area contributed by atoms with E-state index in [1.807, 2.05) is 53.5 Å². The van der Waals surface area contributed by atoms with E-state index in [9.17, 15) is 4.79 Å². The molecule has 3 aromatic carbocycles. The molecule has 3 heteroatoms. The summed E-state index contributed by atoms with van der Waals surface area (Å²) in [6.07, 6.45) is 5.07. The van der Waals surface area contributed by atoms with Gasteiger partial charge in [0.15, 0.2) is 0 Å². The summed E-state index contributed by atoms with van der Waals surface area (Å²) in [4.78, 5) is 10.9. The lowest BCUT2D eigenvalue weighted by molar-refractivity contribution is 0.112. The summed E-state index contributed by atoms with van der Waals surface area (Å²) in [6.45, 7) is 0.777. The second-order valence-corrected chi connectivity index (χ2v) is 6.52. The lowest BCUT2D eigenvalue weighted by atomic mass is 9.94. The molecule has 0 saturated heterocycles. The van der Waals surface area contributed by atoms with Crippen molar-refractivity contribution in [2.24, 2.45) is 5.10 Å². The molecule has 0 aliphatic carbocycles. The van der Waals surface area contributed by atoms with Gasteiger partial charge in [0, 0.05) is 11.5 Å². The van der Waals surface area contributed by atoms with Crippen LogP contribution in [0.3, 0.4) is 0 Å². The molecule has 3 aromatic rings. The van der Waals surface area contributed by atoms with Gasteiger partial charge in [-0.2, -0.15) is 5.10 Å². The molecule has 1 aliphatic rings. The molecule has 0 N–H and O–H groups in total. The summed E-state index contributed by atoms with van der Waals surface area (Å²) in [6, 6.07) is 28.2. The Morgan fingerprint density at radius 1 is 0.778 bits per heavy atom. The Kier molecular flexibility index (Phi) is 4.93. The molecule has 0 spiro atoms. The zero-order valence-corrected chi connectivity index (χ0v) is 14.9. The van der Waals surface area contributed by atoms with Crippen LogP contribution in [0.15, 0.2) is 96.1 Å². The highest BCUT2D eigenvalue weighted by molar-refractivity contribution is 6.05. The van der Waals surface area contributed by atoms with Crippen LogP contribution in [0, 0.1) is 0 Å². The molecule has 0 radical (unpaired) electrons. The molecular formula is C24H20N2O. The van der Waals surface area contributed by atoms with Gasteiger partial charge in [-0.15, -0.1) is 0 Å². The Labute approximate surface area is 159 Å². The minimum atomic E-state index is 0.205. The summed E-state index contributed by atoms with van der Waals surface area (Å²) in [5, 5.41) is 6.87. The first-order chi connectivity index (χ1) is 13.3. The van der Waals surface area contributed by atoms with Crippen LogP contribution >= 0.6 is 0 Å². The van der Waals surface area contributed by atoms with Gasteiger partial charge >= 0.3 is 0 Å². The maximum absolute atomic E-state index is 10.9. The first kappa shape index (κ1) is 17.0. The predicted molar refractivity (Wildman–Crippen MR) is 111 cm³/mol. The average Bonchev–Trinajstić information content (AvgIpc) is 3.18. The van der Waals surface area contributed by atoms with Gasteiger partial charge in [-0.1, -0.05) is 66.7 Å². The normalized spacial score (nSPS) is 16.5. The van der Waals surface area contributed by atoms with Crippen molar-refractivity contribution < 1.29 is 4.79 Å². The zero-order chi connectivity index (χ0) is 18.5. The van der Waals surface area contributed by atoms with E-state index in [2.05, 4.69) is 48.6 Å². The van der Waals surface area contributed by atoms with E-state index >= 15 is 0 Å². The third-order valence-corrected chi connectivity index (χ3v) is 4.72. The van der Waals surface area contributed by atoms with E-state index in [1.165, 1.54) is 5.56 Å². The van der Waals surface area contributed by atoms with Crippen LogP contribution in [0.2, 0.25) is 0 Å². The van der Waals surface area contributed by atoms with Gasteiger partial charge in [0.25, 0.3) is 0 Å². The third-order valence-electron chi connectivity index (χ3n) is 4.72. The number of anilines is 1. The van der Waals surface area contributed by atoms with E-state index in [4.69, 9.17) is 5.10 Å². The van der Waals surface area contributed by atoms with E-state index in [-0.39, 0.29) is 5.92 Å². The highest BCUT2D eigenvalue weighted by Gasteiger charge is 2.27. The van der Waals surface area contributed by atoms with Crippen molar-refractivity contribution in [2.75, 3.05) is 11.6 Å². The molecule has 0 saturated carbocycles. The van der Waals surface area contributed by atoms with Crippen molar-refractivity contribution in [1.29, 1.82) is 0 Å². The molecule has 0 fully saturated rings. The Morgan fingerprint density at radius 2 is 1.44 bits per heavy atom. The fraction of sp³-hybridized carbons (Fsp3) is 0.0833. The van der Waals surface area contributed by atoms with Gasteiger partial charge in [0.05, 0.1) is 17.9 Å². The Balaban J connectivity index is 1.65. The van der Waals surface area contributed by atoms with E-state index in [0.29, 0.717) is 5.56 Å². The number of allylic oxidation sites excluding steroid dienone is 1. The minimum absolute atomic E-state index is 0.205. The highest BCUT2D eigenvalue weighted by Crippen LogP contribution is 2.30. The average molecular weight is 352 g/mol. The highest BCUT2D eigenvalue weighted by atomic mass is 16.1. The number of hydrogen-bond donors (Lipinski definition) is 0. The summed E-state index contributed by atoms with van der Waals surface area (Å²) in [7, 11) is 0. The second kappa shape index (κ2) is 7.83. The monoisotopic (exact) mass is 352 g/mol. The molecule has 1 heterocycles. The van der Waals surface area contributed by atoms with Crippen LogP contribution < -0.4 is 5.01 Å². The van der Waals surface area contributed by atoms with Crippen molar-refractivity contribution in [2.45, 2.75) is 5.92 Å². The number of aldehydes is 1. The number of carbonyl (C=O) groups is 1. The number of hydrogen-bond acceptors (Lipinski definition) is 3. The quantitative estimate of drug-likeness (QED) is 0.593. The summed E-state index contributed by atoms with van der Waals surface area (Å²) >= 11 is 0. The van der Waals surface area contributed by atoms with Crippen molar-refractivity contribution in [1.82, 2.24) is 0 Å². The Bertz CT molecular complexity index is 960. The molecule has 1 unspecified atom stereocenters. The van der Waals surface area contributed by atoms with Crippen molar-refractivity contribution in [3.63, 3.8) is 0 Å². The summed E-state index contributed by atoms with van der Waals surface area (Å²) in [5.41, 5.74) is 5.10. The van der Waals surface area contributed by atoms with Crippen LogP contribution in [-0.2, 0) is 0 Å². The van der Waals surface area contributed by atoms with E-state index in [1.54, 1.807) is 0 Å². The maximum atomic E-state index is 10.9. The van der Waals surface area contributed by atoms with E-state index in [0.717, 1.165) is 29.8 Å². The number of carbonyl (C=O) groups excluding carboxylic acids is 1. The second-order valence-electron chi connectivity index (χ2n) is 6.52. The number of benzene rings is 3. The van der Waals surface area contributed by atoms with Crippen molar-refractivity contribution in [3.8, 4) is 0 Å². The number of hydrazone groups is 1. The lowest BCUT2D eigenvalue weighted by Crippen LogP contribution is -2.17. The molecular weight excluding hydrogens is 332 g/mol. The summed E-state index contributed by atoms with van der Waals surface area (Å²) < 4.78 is 0. The SMILES string of the molecule is O=Cc1ccc(N2CC(c3ccccc3)C(C=Cc3ccccc3)=N2)cc1. The molecule has 0 amide bonds. The van der Waals surface area contributed by atoms with Gasteiger partial charge in [0.1, 0.15) is 6.29 Å². The molecule has 0 aromatic heterocycles. The molecule has 4 rings (SSSR count). The van der Waals surface area contributed by atoms with Crippen molar-refractivity contribution in [3.05, 3.63) is 108 Å². The van der Waals surface area contributed by atoms with Gasteiger partial charge in [-0.3, -0.25) is 9.80 Å². The number of nitrogens with zero attached hydrogens (tertiary/aromatic N) is 2. The maximum Gasteiger partial charge on any atom is 0.150 e. The Hall–Kier alpha value is -3.46. The standard InChI is InChI=1S/C24H20N2O/c27-18-20-11-14-22(15-12-20)26-17-23(21-9-5-2-6-10-21)24(25-26)16-13-19-7-3-1-4-8-19/h1-16,18,23H,17H2. The summed E-state index contributed by atoms with van der Waals surface area (Å²) in [5.74, 6) is 0.205. The lowest BCUT2D eigenvalue weighted by Gasteiger charge is -2.16. The fourth-order valence-corrected chi connectivity index (χ4v) is 3.26. The molecule has 1 atom stereocenters. The molecule has 27 heavy (non-hydrogen) atoms. The smallest absolute Gasteiger partial charge is 0.150 e. The largest absolute Gasteiger partial charge is 0.298 e. The van der Waals surface area contributed by atoms with Gasteiger partial charge in [-0.25, -0.2) is 0 Å². The first-order valence-electron chi connectivity index (χ1n) is 9.03. The molecule has 0 bridgehead atoms. The third kappa shape index (κ3) is 3.87.